The molecule has 1 N–H and O–H groups in total. The van der Waals surface area contributed by atoms with Gasteiger partial charge in [0.2, 0.25) is 0 Å². The highest BCUT2D eigenvalue weighted by atomic mass is 79.9. The lowest BCUT2D eigenvalue weighted by molar-refractivity contribution is -0.140. The third kappa shape index (κ3) is 6.77. The third-order valence-corrected chi connectivity index (χ3v) is 4.23. The first-order valence-corrected chi connectivity index (χ1v) is 8.33. The molecule has 0 aliphatic heterocycles. The molecular weight excluding hydrogens is 338 g/mol. The zero-order valence-electron chi connectivity index (χ0n) is 12.5. The Morgan fingerprint density at radius 2 is 2.10 bits per heavy atom. The Morgan fingerprint density at radius 3 is 2.70 bits per heavy atom. The molecule has 0 heterocycles. The minimum absolute atomic E-state index is 0.0796. The largest absolute Gasteiger partial charge is 0.469 e. The molecule has 0 bridgehead atoms. The predicted molar refractivity (Wildman–Crippen MR) is 88.1 cm³/mol. The van der Waals surface area contributed by atoms with E-state index in [0.717, 1.165) is 16.8 Å². The summed E-state index contributed by atoms with van der Waals surface area (Å²) in [5.74, 6) is 0.570. The van der Waals surface area contributed by atoms with E-state index < -0.39 is 0 Å². The Morgan fingerprint density at radius 1 is 1.40 bits per heavy atom. The molecule has 3 nitrogen and oxygen atoms in total. The molecule has 0 aromatic heterocycles. The van der Waals surface area contributed by atoms with Crippen LogP contribution in [0.15, 0.2) is 27.6 Å². The van der Waals surface area contributed by atoms with Crippen molar-refractivity contribution < 1.29 is 9.53 Å². The molecule has 0 unspecified atom stereocenters. The van der Waals surface area contributed by atoms with Gasteiger partial charge in [-0.15, -0.1) is 11.8 Å². The first-order chi connectivity index (χ1) is 9.31. The number of nitrogens with one attached hydrogen (secondary N) is 1. The molecule has 0 spiro atoms. The zero-order valence-corrected chi connectivity index (χ0v) is 14.9. The molecular formula is C15H22BrNO2S. The quantitative estimate of drug-likeness (QED) is 0.615. The van der Waals surface area contributed by atoms with E-state index >= 15 is 0 Å². The summed E-state index contributed by atoms with van der Waals surface area (Å²) >= 11 is 5.20. The standard InChI is InChI=1S/C15H22BrNO2S/c1-15(2,3)17-10-11-9-12(16)5-6-13(11)20-8-7-14(18)19-4/h5-6,9,17H,7-8,10H2,1-4H3. The maximum absolute atomic E-state index is 11.1. The maximum Gasteiger partial charge on any atom is 0.306 e. The minimum atomic E-state index is -0.163. The topological polar surface area (TPSA) is 38.3 Å². The molecule has 1 rings (SSSR count). The van der Waals surface area contributed by atoms with Gasteiger partial charge in [0.05, 0.1) is 13.5 Å². The van der Waals surface area contributed by atoms with Crippen molar-refractivity contribution in [3.05, 3.63) is 28.2 Å². The summed E-state index contributed by atoms with van der Waals surface area (Å²) in [6, 6.07) is 6.24. The van der Waals surface area contributed by atoms with E-state index in [4.69, 9.17) is 0 Å². The Labute approximate surface area is 134 Å². The van der Waals surface area contributed by atoms with Gasteiger partial charge in [0, 0.05) is 27.2 Å². The Hall–Kier alpha value is -0.520. The second-order valence-electron chi connectivity index (χ2n) is 5.53. The highest BCUT2D eigenvalue weighted by molar-refractivity contribution is 9.10. The molecule has 0 aliphatic carbocycles. The van der Waals surface area contributed by atoms with Crippen molar-refractivity contribution in [2.75, 3.05) is 12.9 Å². The molecule has 0 atom stereocenters. The predicted octanol–water partition coefficient (Wildman–Crippen LogP) is 3.99. The van der Waals surface area contributed by atoms with Crippen molar-refractivity contribution in [1.29, 1.82) is 0 Å². The Kier molecular flexibility index (Phi) is 7.06. The van der Waals surface area contributed by atoms with Crippen LogP contribution in [0.4, 0.5) is 0 Å². The van der Waals surface area contributed by atoms with Crippen LogP contribution in [0.25, 0.3) is 0 Å². The molecule has 20 heavy (non-hydrogen) atoms. The van der Waals surface area contributed by atoms with E-state index in [0.29, 0.717) is 6.42 Å². The van der Waals surface area contributed by atoms with Crippen LogP contribution in [0, 0.1) is 0 Å². The summed E-state index contributed by atoms with van der Waals surface area (Å²) in [5.41, 5.74) is 1.32. The van der Waals surface area contributed by atoms with Gasteiger partial charge in [-0.25, -0.2) is 0 Å². The highest BCUT2D eigenvalue weighted by Gasteiger charge is 2.11. The van der Waals surface area contributed by atoms with Gasteiger partial charge in [0.15, 0.2) is 0 Å². The molecule has 1 aromatic carbocycles. The molecule has 0 saturated heterocycles. The molecule has 0 saturated carbocycles. The van der Waals surface area contributed by atoms with E-state index in [1.165, 1.54) is 17.6 Å². The number of methoxy groups -OCH3 is 1. The minimum Gasteiger partial charge on any atom is -0.469 e. The fourth-order valence-corrected chi connectivity index (χ4v) is 2.91. The van der Waals surface area contributed by atoms with Crippen LogP contribution in [0.1, 0.15) is 32.8 Å². The third-order valence-electron chi connectivity index (χ3n) is 2.62. The number of rotatable bonds is 6. The first kappa shape index (κ1) is 17.5. The first-order valence-electron chi connectivity index (χ1n) is 6.55. The number of benzene rings is 1. The van der Waals surface area contributed by atoms with E-state index in [-0.39, 0.29) is 11.5 Å². The van der Waals surface area contributed by atoms with Crippen LogP contribution in [0.2, 0.25) is 0 Å². The molecule has 0 aliphatic rings. The average molecular weight is 360 g/mol. The number of hydrogen-bond donors (Lipinski definition) is 1. The van der Waals surface area contributed by atoms with Crippen molar-refractivity contribution in [2.24, 2.45) is 0 Å². The van der Waals surface area contributed by atoms with Crippen molar-refractivity contribution in [1.82, 2.24) is 5.32 Å². The highest BCUT2D eigenvalue weighted by Crippen LogP contribution is 2.27. The molecule has 0 radical (unpaired) electrons. The smallest absolute Gasteiger partial charge is 0.306 e. The van der Waals surface area contributed by atoms with Gasteiger partial charge in [0.1, 0.15) is 0 Å². The van der Waals surface area contributed by atoms with Gasteiger partial charge in [-0.2, -0.15) is 0 Å². The van der Waals surface area contributed by atoms with E-state index in [2.05, 4.69) is 58.9 Å². The molecule has 0 fully saturated rings. The molecule has 1 aromatic rings. The van der Waals surface area contributed by atoms with Crippen LogP contribution >= 0.6 is 27.7 Å². The van der Waals surface area contributed by atoms with Gasteiger partial charge >= 0.3 is 5.97 Å². The maximum atomic E-state index is 11.1. The SMILES string of the molecule is COC(=O)CCSc1ccc(Br)cc1CNC(C)(C)C. The van der Waals surface area contributed by atoms with E-state index in [1.54, 1.807) is 11.8 Å². The molecule has 112 valence electrons. The lowest BCUT2D eigenvalue weighted by atomic mass is 10.1. The van der Waals surface area contributed by atoms with Crippen LogP contribution in [-0.4, -0.2) is 24.4 Å². The van der Waals surface area contributed by atoms with Gasteiger partial charge in [-0.1, -0.05) is 15.9 Å². The second-order valence-corrected chi connectivity index (χ2v) is 7.58. The fraction of sp³-hybridized carbons (Fsp3) is 0.533. The Bertz CT molecular complexity index is 458. The number of ether oxygens (including phenoxy) is 1. The summed E-state index contributed by atoms with van der Waals surface area (Å²) in [4.78, 5) is 12.3. The lowest BCUT2D eigenvalue weighted by Gasteiger charge is -2.21. The van der Waals surface area contributed by atoms with E-state index in [1.807, 2.05) is 6.07 Å². The summed E-state index contributed by atoms with van der Waals surface area (Å²) in [7, 11) is 1.42. The molecule has 5 heteroatoms. The second kappa shape index (κ2) is 8.05. The number of thioether (sulfide) groups is 1. The van der Waals surface area contributed by atoms with Crippen LogP contribution in [0.5, 0.6) is 0 Å². The summed E-state index contributed by atoms with van der Waals surface area (Å²) in [6.07, 6.45) is 0.434. The number of carbonyl (C=O) groups excluding carboxylic acids is 1. The Balaban J connectivity index is 2.67. The normalized spacial score (nSPS) is 11.4. The van der Waals surface area contributed by atoms with Crippen LogP contribution < -0.4 is 5.32 Å². The van der Waals surface area contributed by atoms with Crippen molar-refractivity contribution in [3.63, 3.8) is 0 Å². The number of halogens is 1. The van der Waals surface area contributed by atoms with Gasteiger partial charge < -0.3 is 10.1 Å². The van der Waals surface area contributed by atoms with Crippen molar-refractivity contribution in [2.45, 2.75) is 44.2 Å². The van der Waals surface area contributed by atoms with Gasteiger partial charge in [0.25, 0.3) is 0 Å². The van der Waals surface area contributed by atoms with Crippen LogP contribution in [0.3, 0.4) is 0 Å². The van der Waals surface area contributed by atoms with E-state index in [9.17, 15) is 4.79 Å². The summed E-state index contributed by atoms with van der Waals surface area (Å²) in [5, 5.41) is 3.49. The number of esters is 1. The van der Waals surface area contributed by atoms with Crippen LogP contribution in [-0.2, 0) is 16.1 Å². The lowest BCUT2D eigenvalue weighted by Crippen LogP contribution is -2.35. The summed E-state index contributed by atoms with van der Waals surface area (Å²) < 4.78 is 5.73. The average Bonchev–Trinajstić information content (AvgIpc) is 2.37. The van der Waals surface area contributed by atoms with Gasteiger partial charge in [-0.3, -0.25) is 4.79 Å². The zero-order chi connectivity index (χ0) is 15.2. The summed E-state index contributed by atoms with van der Waals surface area (Å²) in [6.45, 7) is 7.25. The van der Waals surface area contributed by atoms with Gasteiger partial charge in [-0.05, 0) is 44.5 Å². The molecule has 0 amide bonds. The number of hydrogen-bond acceptors (Lipinski definition) is 4. The fourth-order valence-electron chi connectivity index (χ4n) is 1.53. The van der Waals surface area contributed by atoms with Crippen molar-refractivity contribution >= 4 is 33.7 Å². The monoisotopic (exact) mass is 359 g/mol. The van der Waals surface area contributed by atoms with Crippen molar-refractivity contribution in [3.8, 4) is 0 Å². The number of carbonyl (C=O) groups is 1.